The summed E-state index contributed by atoms with van der Waals surface area (Å²) in [5, 5.41) is 3.32. The molecule has 3 aromatic rings. The monoisotopic (exact) mass is 375 g/mol. The Bertz CT molecular complexity index is 986. The Balaban J connectivity index is 1.81. The van der Waals surface area contributed by atoms with Crippen LogP contribution < -0.4 is 25.1 Å². The summed E-state index contributed by atoms with van der Waals surface area (Å²) in [4.78, 5) is 32.3. The van der Waals surface area contributed by atoms with E-state index < -0.39 is 0 Å². The standard InChI is InChI=1S/C17H17N3O5S/c1-23-12-4-9(5-13(24-2)14(12)25-3)15(21)18-7-10-6-11-16(22)19-8-20-17(11)26-10/h4-6,8H,7H2,1-3H3,(H,18,21)(H,19,20,22). The molecule has 0 saturated carbocycles. The van der Waals surface area contributed by atoms with E-state index in [0.29, 0.717) is 33.0 Å². The van der Waals surface area contributed by atoms with Crippen molar-refractivity contribution >= 4 is 27.5 Å². The van der Waals surface area contributed by atoms with Crippen LogP contribution in [0.25, 0.3) is 10.2 Å². The normalized spacial score (nSPS) is 10.6. The number of ether oxygens (including phenoxy) is 3. The van der Waals surface area contributed by atoms with Crippen LogP contribution in [0.1, 0.15) is 15.2 Å². The van der Waals surface area contributed by atoms with Gasteiger partial charge in [-0.2, -0.15) is 0 Å². The summed E-state index contributed by atoms with van der Waals surface area (Å²) in [6, 6.07) is 4.88. The number of carbonyl (C=O) groups is 1. The molecular formula is C17H17N3O5S. The molecule has 0 unspecified atom stereocenters. The molecule has 2 heterocycles. The van der Waals surface area contributed by atoms with Crippen molar-refractivity contribution < 1.29 is 19.0 Å². The zero-order chi connectivity index (χ0) is 18.7. The number of benzene rings is 1. The van der Waals surface area contributed by atoms with E-state index in [1.165, 1.54) is 39.0 Å². The lowest BCUT2D eigenvalue weighted by Crippen LogP contribution is -2.22. The third-order valence-electron chi connectivity index (χ3n) is 3.74. The van der Waals surface area contributed by atoms with Crippen molar-refractivity contribution in [1.29, 1.82) is 0 Å². The molecule has 26 heavy (non-hydrogen) atoms. The van der Waals surface area contributed by atoms with Gasteiger partial charge in [-0.05, 0) is 18.2 Å². The van der Waals surface area contributed by atoms with Gasteiger partial charge < -0.3 is 24.5 Å². The first kappa shape index (κ1) is 17.7. The molecule has 0 aliphatic carbocycles. The Morgan fingerprint density at radius 1 is 1.15 bits per heavy atom. The molecule has 136 valence electrons. The average molecular weight is 375 g/mol. The number of fused-ring (bicyclic) bond motifs is 1. The van der Waals surface area contributed by atoms with E-state index >= 15 is 0 Å². The summed E-state index contributed by atoms with van der Waals surface area (Å²) in [7, 11) is 4.47. The first-order chi connectivity index (χ1) is 12.6. The number of amides is 1. The van der Waals surface area contributed by atoms with Gasteiger partial charge in [0, 0.05) is 10.4 Å². The number of methoxy groups -OCH3 is 3. The van der Waals surface area contributed by atoms with Gasteiger partial charge in [-0.15, -0.1) is 11.3 Å². The van der Waals surface area contributed by atoms with Gasteiger partial charge in [-0.3, -0.25) is 9.59 Å². The molecule has 0 radical (unpaired) electrons. The summed E-state index contributed by atoms with van der Waals surface area (Å²) in [6.07, 6.45) is 1.36. The molecule has 8 nitrogen and oxygen atoms in total. The van der Waals surface area contributed by atoms with Gasteiger partial charge in [0.15, 0.2) is 11.5 Å². The van der Waals surface area contributed by atoms with E-state index in [2.05, 4.69) is 15.3 Å². The van der Waals surface area contributed by atoms with E-state index in [-0.39, 0.29) is 18.0 Å². The predicted octanol–water partition coefficient (Wildman–Crippen LogP) is 1.94. The van der Waals surface area contributed by atoms with Crippen molar-refractivity contribution in [2.24, 2.45) is 0 Å². The molecule has 0 spiro atoms. The minimum absolute atomic E-state index is 0.201. The Kier molecular flexibility index (Phi) is 5.08. The fourth-order valence-corrected chi connectivity index (χ4v) is 3.42. The molecule has 2 aromatic heterocycles. The maximum atomic E-state index is 12.5. The average Bonchev–Trinajstić information content (AvgIpc) is 3.09. The van der Waals surface area contributed by atoms with Gasteiger partial charge in [-0.25, -0.2) is 4.98 Å². The van der Waals surface area contributed by atoms with Crippen molar-refractivity contribution in [2.75, 3.05) is 21.3 Å². The fourth-order valence-electron chi connectivity index (χ4n) is 2.49. The molecule has 1 amide bonds. The van der Waals surface area contributed by atoms with Crippen LogP contribution in [0.15, 0.2) is 29.3 Å². The Morgan fingerprint density at radius 2 is 1.85 bits per heavy atom. The van der Waals surface area contributed by atoms with Gasteiger partial charge in [-0.1, -0.05) is 0 Å². The second kappa shape index (κ2) is 7.44. The molecule has 0 fully saturated rings. The minimum atomic E-state index is -0.302. The van der Waals surface area contributed by atoms with Gasteiger partial charge >= 0.3 is 0 Å². The molecule has 0 bridgehead atoms. The summed E-state index contributed by atoms with van der Waals surface area (Å²) in [5.74, 6) is 0.911. The number of rotatable bonds is 6. The van der Waals surface area contributed by atoms with Crippen LogP contribution in [0.3, 0.4) is 0 Å². The van der Waals surface area contributed by atoms with Crippen molar-refractivity contribution in [2.45, 2.75) is 6.54 Å². The zero-order valence-corrected chi connectivity index (χ0v) is 15.2. The van der Waals surface area contributed by atoms with Crippen LogP contribution in [0.5, 0.6) is 17.2 Å². The minimum Gasteiger partial charge on any atom is -0.493 e. The van der Waals surface area contributed by atoms with Crippen molar-refractivity contribution in [1.82, 2.24) is 15.3 Å². The highest BCUT2D eigenvalue weighted by atomic mass is 32.1. The third-order valence-corrected chi connectivity index (χ3v) is 4.78. The third kappa shape index (κ3) is 3.33. The number of H-pyrrole nitrogens is 1. The van der Waals surface area contributed by atoms with Crippen LogP contribution in [-0.2, 0) is 6.54 Å². The Labute approximate surface area is 152 Å². The van der Waals surface area contributed by atoms with Gasteiger partial charge in [0.05, 0.1) is 39.6 Å². The molecule has 9 heteroatoms. The topological polar surface area (TPSA) is 103 Å². The largest absolute Gasteiger partial charge is 0.493 e. The maximum Gasteiger partial charge on any atom is 0.259 e. The van der Waals surface area contributed by atoms with E-state index in [1.807, 2.05) is 0 Å². The molecule has 3 rings (SSSR count). The highest BCUT2D eigenvalue weighted by molar-refractivity contribution is 7.18. The van der Waals surface area contributed by atoms with E-state index in [9.17, 15) is 9.59 Å². The quantitative estimate of drug-likeness (QED) is 0.683. The molecule has 0 saturated heterocycles. The molecule has 0 aliphatic rings. The van der Waals surface area contributed by atoms with Crippen LogP contribution in [-0.4, -0.2) is 37.2 Å². The van der Waals surface area contributed by atoms with Crippen LogP contribution in [0.2, 0.25) is 0 Å². The summed E-state index contributed by atoms with van der Waals surface area (Å²) >= 11 is 1.35. The van der Waals surface area contributed by atoms with E-state index in [0.717, 1.165) is 4.88 Å². The highest BCUT2D eigenvalue weighted by Gasteiger charge is 2.17. The number of hydrogen-bond donors (Lipinski definition) is 2. The number of thiophene rings is 1. The summed E-state index contributed by atoms with van der Waals surface area (Å²) in [5.41, 5.74) is 0.171. The second-order valence-electron chi connectivity index (χ2n) is 5.26. The first-order valence-corrected chi connectivity index (χ1v) is 8.43. The Hall–Kier alpha value is -3.07. The smallest absolute Gasteiger partial charge is 0.259 e. The van der Waals surface area contributed by atoms with Crippen molar-refractivity contribution in [3.8, 4) is 17.2 Å². The van der Waals surface area contributed by atoms with Gasteiger partial charge in [0.1, 0.15) is 4.83 Å². The molecule has 1 aromatic carbocycles. The number of nitrogens with zero attached hydrogens (tertiary/aromatic N) is 1. The Morgan fingerprint density at radius 3 is 2.42 bits per heavy atom. The van der Waals surface area contributed by atoms with Gasteiger partial charge in [0.2, 0.25) is 5.75 Å². The molecule has 0 atom stereocenters. The van der Waals surface area contributed by atoms with Crippen LogP contribution in [0, 0.1) is 0 Å². The number of carbonyl (C=O) groups excluding carboxylic acids is 1. The highest BCUT2D eigenvalue weighted by Crippen LogP contribution is 2.38. The van der Waals surface area contributed by atoms with Crippen molar-refractivity contribution in [3.63, 3.8) is 0 Å². The second-order valence-corrected chi connectivity index (χ2v) is 6.38. The molecule has 0 aliphatic heterocycles. The number of hydrogen-bond acceptors (Lipinski definition) is 7. The number of nitrogens with one attached hydrogen (secondary N) is 2. The van der Waals surface area contributed by atoms with Gasteiger partial charge in [0.25, 0.3) is 11.5 Å². The zero-order valence-electron chi connectivity index (χ0n) is 14.4. The number of aromatic amines is 1. The summed E-state index contributed by atoms with van der Waals surface area (Å²) in [6.45, 7) is 0.274. The fraction of sp³-hybridized carbons (Fsp3) is 0.235. The first-order valence-electron chi connectivity index (χ1n) is 7.61. The lowest BCUT2D eigenvalue weighted by molar-refractivity contribution is 0.0950. The molecule has 2 N–H and O–H groups in total. The van der Waals surface area contributed by atoms with E-state index in [4.69, 9.17) is 14.2 Å². The maximum absolute atomic E-state index is 12.5. The predicted molar refractivity (Wildman–Crippen MR) is 97.5 cm³/mol. The van der Waals surface area contributed by atoms with Crippen molar-refractivity contribution in [3.05, 3.63) is 45.3 Å². The van der Waals surface area contributed by atoms with E-state index in [1.54, 1.807) is 18.2 Å². The SMILES string of the molecule is COc1cc(C(=O)NCc2cc3c(=O)[nH]cnc3s2)cc(OC)c1OC. The molecular weight excluding hydrogens is 358 g/mol. The number of aromatic nitrogens is 2. The lowest BCUT2D eigenvalue weighted by atomic mass is 10.1. The summed E-state index contributed by atoms with van der Waals surface area (Å²) < 4.78 is 15.8. The lowest BCUT2D eigenvalue weighted by Gasteiger charge is -2.14. The van der Waals surface area contributed by atoms with Crippen LogP contribution in [0.4, 0.5) is 0 Å². The van der Waals surface area contributed by atoms with Crippen LogP contribution >= 0.6 is 11.3 Å².